The van der Waals surface area contributed by atoms with Gasteiger partial charge in [0.25, 0.3) is 0 Å². The van der Waals surface area contributed by atoms with Gasteiger partial charge in [0.1, 0.15) is 11.5 Å². The molecule has 2 aromatic rings. The summed E-state index contributed by atoms with van der Waals surface area (Å²) in [5.41, 5.74) is 1.40. The third-order valence-corrected chi connectivity index (χ3v) is 14.7. The molecular weight excluding hydrogens is 528 g/mol. The average molecular weight is 573 g/mol. The molecule has 0 N–H and O–H groups in total. The lowest BCUT2D eigenvalue weighted by Crippen LogP contribution is -2.63. The van der Waals surface area contributed by atoms with E-state index in [9.17, 15) is 9.59 Å². The van der Waals surface area contributed by atoms with Crippen LogP contribution in [-0.2, 0) is 18.6 Å². The zero-order chi connectivity index (χ0) is 28.7. The van der Waals surface area contributed by atoms with Crippen LogP contribution in [0.4, 0.5) is 0 Å². The fourth-order valence-electron chi connectivity index (χ4n) is 5.87. The maximum Gasteiger partial charge on any atom is 0.338 e. The van der Waals surface area contributed by atoms with Crippen molar-refractivity contribution in [2.24, 2.45) is 0 Å². The lowest BCUT2D eigenvalue weighted by Gasteiger charge is -2.51. The highest BCUT2D eigenvalue weighted by Gasteiger charge is 2.55. The second-order valence-corrected chi connectivity index (χ2v) is 17.8. The van der Waals surface area contributed by atoms with E-state index in [0.29, 0.717) is 27.8 Å². The van der Waals surface area contributed by atoms with Crippen molar-refractivity contribution >= 4 is 32.0 Å². The van der Waals surface area contributed by atoms with E-state index in [-0.39, 0.29) is 5.44 Å². The predicted octanol–water partition coefficient (Wildman–Crippen LogP) is 7.50. The van der Waals surface area contributed by atoms with Crippen molar-refractivity contribution in [3.05, 3.63) is 71.8 Å². The van der Waals surface area contributed by atoms with E-state index in [1.165, 1.54) is 0 Å². The summed E-state index contributed by atoms with van der Waals surface area (Å²) < 4.78 is 26.1. The van der Waals surface area contributed by atoms with Crippen LogP contribution in [0.25, 0.3) is 0 Å². The van der Waals surface area contributed by atoms with E-state index in [1.807, 2.05) is 19.1 Å². The number of rotatable bonds is 11. The molecule has 2 unspecified atom stereocenters. The van der Waals surface area contributed by atoms with Crippen LogP contribution in [0.3, 0.4) is 0 Å². The van der Waals surface area contributed by atoms with Crippen molar-refractivity contribution in [1.29, 1.82) is 0 Å². The average Bonchev–Trinajstić information content (AvgIpc) is 2.90. The monoisotopic (exact) mass is 572 g/mol. The molecular formula is C31H44O6SSi. The lowest BCUT2D eigenvalue weighted by molar-refractivity contribution is -0.190. The first-order valence-corrected chi connectivity index (χ1v) is 17.2. The molecule has 0 amide bonds. The van der Waals surface area contributed by atoms with Gasteiger partial charge in [0.15, 0.2) is 12.2 Å². The number of carbonyl (C=O) groups is 2. The first-order chi connectivity index (χ1) is 18.5. The number of benzene rings is 2. The standard InChI is InChI=1S/C31H44O6SSi/c1-9-38-31-28(37-39(20(2)3,21(4)5)22(6)7)27(36-30(33)25-18-14-11-15-19-25)26(23(8)34-31)35-29(32)24-16-12-10-13-17-24/h10-23,26-28,31H,9H2,1-8H3/t23?,26-,27?,28+,31-/m1/s1. The molecule has 0 spiro atoms. The normalized spacial score (nSPS) is 23.7. The molecule has 0 bridgehead atoms. The zero-order valence-corrected chi connectivity index (χ0v) is 26.3. The Morgan fingerprint density at radius 3 is 1.62 bits per heavy atom. The van der Waals surface area contributed by atoms with Crippen LogP contribution in [0.5, 0.6) is 0 Å². The second-order valence-electron chi connectivity index (χ2n) is 11.0. The Bertz CT molecular complexity index is 1040. The quantitative estimate of drug-likeness (QED) is 0.204. The van der Waals surface area contributed by atoms with Gasteiger partial charge < -0.3 is 18.6 Å². The Kier molecular flexibility index (Phi) is 11.2. The first kappa shape index (κ1) is 31.4. The van der Waals surface area contributed by atoms with Crippen molar-refractivity contribution in [2.45, 2.75) is 102 Å². The van der Waals surface area contributed by atoms with E-state index in [0.717, 1.165) is 5.75 Å². The fraction of sp³-hybridized carbons (Fsp3) is 0.548. The number of carbonyl (C=O) groups excluding carboxylic acids is 2. The van der Waals surface area contributed by atoms with Crippen LogP contribution in [-0.4, -0.2) is 55.9 Å². The maximum absolute atomic E-state index is 13.4. The van der Waals surface area contributed by atoms with Gasteiger partial charge in [-0.15, -0.1) is 11.8 Å². The Balaban J connectivity index is 2.08. The molecule has 39 heavy (non-hydrogen) atoms. The topological polar surface area (TPSA) is 71.1 Å². The molecule has 3 rings (SSSR count). The van der Waals surface area contributed by atoms with Crippen molar-refractivity contribution in [3.63, 3.8) is 0 Å². The van der Waals surface area contributed by atoms with Crippen LogP contribution < -0.4 is 0 Å². The molecule has 1 aliphatic rings. The predicted molar refractivity (Wildman–Crippen MR) is 160 cm³/mol. The van der Waals surface area contributed by atoms with Gasteiger partial charge in [-0.05, 0) is 53.6 Å². The van der Waals surface area contributed by atoms with E-state index >= 15 is 0 Å². The van der Waals surface area contributed by atoms with Crippen LogP contribution in [0.1, 0.15) is 76.1 Å². The third kappa shape index (κ3) is 7.15. The molecule has 1 saturated heterocycles. The maximum atomic E-state index is 13.4. The number of hydrogen-bond donors (Lipinski definition) is 0. The van der Waals surface area contributed by atoms with Gasteiger partial charge >= 0.3 is 11.9 Å². The fourth-order valence-corrected chi connectivity index (χ4v) is 12.5. The molecule has 1 heterocycles. The van der Waals surface area contributed by atoms with Gasteiger partial charge in [-0.3, -0.25) is 0 Å². The number of esters is 2. The summed E-state index contributed by atoms with van der Waals surface area (Å²) in [6.45, 7) is 17.3. The van der Waals surface area contributed by atoms with E-state index < -0.39 is 44.7 Å². The van der Waals surface area contributed by atoms with Crippen LogP contribution in [0.15, 0.2) is 60.7 Å². The molecule has 8 heteroatoms. The number of hydrogen-bond acceptors (Lipinski definition) is 7. The van der Waals surface area contributed by atoms with Crippen molar-refractivity contribution in [2.75, 3.05) is 5.75 Å². The third-order valence-electron chi connectivity index (χ3n) is 7.61. The Morgan fingerprint density at radius 1 is 0.769 bits per heavy atom. The summed E-state index contributed by atoms with van der Waals surface area (Å²) >= 11 is 1.63. The highest BCUT2D eigenvalue weighted by Crippen LogP contribution is 2.46. The molecule has 0 saturated carbocycles. The van der Waals surface area contributed by atoms with Crippen molar-refractivity contribution < 1.29 is 28.2 Å². The molecule has 6 nitrogen and oxygen atoms in total. The van der Waals surface area contributed by atoms with Crippen LogP contribution in [0, 0.1) is 0 Å². The van der Waals surface area contributed by atoms with Gasteiger partial charge in [-0.2, -0.15) is 0 Å². The summed E-state index contributed by atoms with van der Waals surface area (Å²) in [4.78, 5) is 26.7. The van der Waals surface area contributed by atoms with Gasteiger partial charge in [0.05, 0.1) is 17.2 Å². The SMILES string of the molecule is CCS[C@H]1OC(C)[C@@H](OC(=O)c2ccccc2)C(OC(=O)c2ccccc2)[C@@H]1O[Si](C(C)C)(C(C)C)C(C)C. The van der Waals surface area contributed by atoms with E-state index in [2.05, 4.69) is 48.5 Å². The molecule has 0 radical (unpaired) electrons. The minimum Gasteiger partial charge on any atom is -0.452 e. The van der Waals surface area contributed by atoms with Crippen molar-refractivity contribution in [3.8, 4) is 0 Å². The van der Waals surface area contributed by atoms with Gasteiger partial charge in [0.2, 0.25) is 8.32 Å². The Hall–Kier alpha value is -2.13. The summed E-state index contributed by atoms with van der Waals surface area (Å²) in [6, 6.07) is 17.7. The van der Waals surface area contributed by atoms with E-state index in [1.54, 1.807) is 60.3 Å². The minimum atomic E-state index is -2.44. The Labute approximate surface area is 239 Å². The molecule has 1 fully saturated rings. The molecule has 2 aromatic carbocycles. The summed E-state index contributed by atoms with van der Waals surface area (Å²) in [6.07, 6.45) is -2.81. The van der Waals surface area contributed by atoms with Crippen LogP contribution in [0.2, 0.25) is 16.6 Å². The van der Waals surface area contributed by atoms with E-state index in [4.69, 9.17) is 18.6 Å². The second kappa shape index (κ2) is 14.0. The minimum absolute atomic E-state index is 0.305. The Morgan fingerprint density at radius 2 is 1.21 bits per heavy atom. The van der Waals surface area contributed by atoms with Crippen molar-refractivity contribution in [1.82, 2.24) is 0 Å². The first-order valence-electron chi connectivity index (χ1n) is 14.0. The molecule has 5 atom stereocenters. The highest BCUT2D eigenvalue weighted by molar-refractivity contribution is 7.99. The summed E-state index contributed by atoms with van der Waals surface area (Å²) in [5.74, 6) is -0.169. The molecule has 0 aromatic heterocycles. The largest absolute Gasteiger partial charge is 0.452 e. The summed E-state index contributed by atoms with van der Waals surface area (Å²) in [5, 5.41) is 0. The van der Waals surface area contributed by atoms with Crippen LogP contribution >= 0.6 is 11.8 Å². The number of thioether (sulfide) groups is 1. The summed E-state index contributed by atoms with van der Waals surface area (Å²) in [7, 11) is -2.44. The molecule has 0 aliphatic carbocycles. The zero-order valence-electron chi connectivity index (χ0n) is 24.5. The lowest BCUT2D eigenvalue weighted by atomic mass is 10.00. The highest BCUT2D eigenvalue weighted by atomic mass is 32.2. The smallest absolute Gasteiger partial charge is 0.338 e. The van der Waals surface area contributed by atoms with Gasteiger partial charge in [-0.25, -0.2) is 9.59 Å². The van der Waals surface area contributed by atoms with Gasteiger partial charge in [-0.1, -0.05) is 84.9 Å². The van der Waals surface area contributed by atoms with Gasteiger partial charge in [0, 0.05) is 0 Å². The number of ether oxygens (including phenoxy) is 3. The molecule has 214 valence electrons. The molecule has 1 aliphatic heterocycles.